The fraction of sp³-hybridized carbons (Fsp3) is 0.375. The van der Waals surface area contributed by atoms with E-state index in [0.717, 1.165) is 23.9 Å². The average Bonchev–Trinajstić information content (AvgIpc) is 2.39. The molecule has 4 heteroatoms. The zero-order valence-electron chi connectivity index (χ0n) is 12.6. The molecule has 0 spiro atoms. The van der Waals surface area contributed by atoms with E-state index < -0.39 is 0 Å². The lowest BCUT2D eigenvalue weighted by Crippen LogP contribution is -2.14. The summed E-state index contributed by atoms with van der Waals surface area (Å²) in [5.74, 6) is 1.53. The predicted molar refractivity (Wildman–Crippen MR) is 84.6 cm³/mol. The van der Waals surface area contributed by atoms with Crippen LogP contribution in [0.4, 0.5) is 17.3 Å². The highest BCUT2D eigenvalue weighted by molar-refractivity contribution is 5.62. The van der Waals surface area contributed by atoms with Gasteiger partial charge in [-0.1, -0.05) is 39.0 Å². The summed E-state index contributed by atoms with van der Waals surface area (Å²) in [5.41, 5.74) is 2.41. The maximum absolute atomic E-state index is 4.50. The Morgan fingerprint density at radius 2 is 1.75 bits per heavy atom. The Morgan fingerprint density at radius 1 is 1.05 bits per heavy atom. The van der Waals surface area contributed by atoms with Gasteiger partial charge in [0.1, 0.15) is 5.82 Å². The Bertz CT molecular complexity index is 573. The van der Waals surface area contributed by atoms with Crippen LogP contribution in [-0.2, 0) is 5.41 Å². The highest BCUT2D eigenvalue weighted by atomic mass is 15.1. The Kier molecular flexibility index (Phi) is 4.23. The third-order valence-electron chi connectivity index (χ3n) is 2.99. The van der Waals surface area contributed by atoms with Crippen LogP contribution in [0.2, 0.25) is 0 Å². The fourth-order valence-corrected chi connectivity index (χ4v) is 2.08. The van der Waals surface area contributed by atoms with Gasteiger partial charge in [0.15, 0.2) is 5.82 Å². The largest absolute Gasteiger partial charge is 0.369 e. The van der Waals surface area contributed by atoms with E-state index in [9.17, 15) is 0 Å². The summed E-state index contributed by atoms with van der Waals surface area (Å²) in [6.07, 6.45) is 3.46. The Hall–Kier alpha value is -2.10. The molecule has 0 saturated heterocycles. The van der Waals surface area contributed by atoms with Gasteiger partial charge in [-0.3, -0.25) is 4.98 Å². The van der Waals surface area contributed by atoms with Crippen LogP contribution in [0, 0.1) is 0 Å². The molecule has 0 atom stereocenters. The lowest BCUT2D eigenvalue weighted by Gasteiger charge is -2.23. The Balaban J connectivity index is 2.28. The summed E-state index contributed by atoms with van der Waals surface area (Å²) < 4.78 is 0. The van der Waals surface area contributed by atoms with Gasteiger partial charge in [-0.15, -0.1) is 0 Å². The molecular formula is C16H22N4. The monoisotopic (exact) mass is 270 g/mol. The second-order valence-corrected chi connectivity index (χ2v) is 5.74. The normalized spacial score (nSPS) is 11.2. The van der Waals surface area contributed by atoms with E-state index in [4.69, 9.17) is 0 Å². The number of hydrogen-bond acceptors (Lipinski definition) is 4. The molecule has 4 nitrogen and oxygen atoms in total. The number of nitrogens with one attached hydrogen (secondary N) is 2. The molecule has 0 amide bonds. The maximum atomic E-state index is 4.50. The Morgan fingerprint density at radius 3 is 2.45 bits per heavy atom. The SMILES string of the molecule is CCNc1cncc(Nc2ccccc2C(C)(C)C)n1. The average molecular weight is 270 g/mol. The topological polar surface area (TPSA) is 49.8 Å². The van der Waals surface area contributed by atoms with Crippen molar-refractivity contribution in [1.29, 1.82) is 0 Å². The van der Waals surface area contributed by atoms with Crippen molar-refractivity contribution in [3.05, 3.63) is 42.2 Å². The number of hydrogen-bond donors (Lipinski definition) is 2. The first kappa shape index (κ1) is 14.3. The maximum Gasteiger partial charge on any atom is 0.151 e. The highest BCUT2D eigenvalue weighted by Crippen LogP contribution is 2.30. The van der Waals surface area contributed by atoms with Gasteiger partial charge in [0.2, 0.25) is 0 Å². The number of rotatable bonds is 4. The third kappa shape index (κ3) is 3.47. The van der Waals surface area contributed by atoms with Crippen LogP contribution in [0.1, 0.15) is 33.3 Å². The van der Waals surface area contributed by atoms with Crippen molar-refractivity contribution in [3.8, 4) is 0 Å². The first-order chi connectivity index (χ1) is 9.50. The van der Waals surface area contributed by atoms with Crippen molar-refractivity contribution < 1.29 is 0 Å². The van der Waals surface area contributed by atoms with Crippen LogP contribution < -0.4 is 10.6 Å². The molecule has 106 valence electrons. The van der Waals surface area contributed by atoms with Crippen LogP contribution >= 0.6 is 0 Å². The van der Waals surface area contributed by atoms with Crippen molar-refractivity contribution in [3.63, 3.8) is 0 Å². The summed E-state index contributed by atoms with van der Waals surface area (Å²) in [6.45, 7) is 9.48. The second kappa shape index (κ2) is 5.90. The summed E-state index contributed by atoms with van der Waals surface area (Å²) in [5, 5.41) is 6.53. The molecule has 2 rings (SSSR count). The van der Waals surface area contributed by atoms with Gasteiger partial charge in [0, 0.05) is 12.2 Å². The quantitative estimate of drug-likeness (QED) is 0.883. The molecule has 20 heavy (non-hydrogen) atoms. The number of aromatic nitrogens is 2. The van der Waals surface area contributed by atoms with Crippen LogP contribution in [0.5, 0.6) is 0 Å². The van der Waals surface area contributed by atoms with Gasteiger partial charge in [-0.2, -0.15) is 0 Å². The fourth-order valence-electron chi connectivity index (χ4n) is 2.08. The number of anilines is 3. The lowest BCUT2D eigenvalue weighted by molar-refractivity contribution is 0.592. The van der Waals surface area contributed by atoms with Gasteiger partial charge in [0.25, 0.3) is 0 Å². The van der Waals surface area contributed by atoms with E-state index in [1.54, 1.807) is 12.4 Å². The molecule has 1 heterocycles. The van der Waals surface area contributed by atoms with E-state index in [1.807, 2.05) is 13.0 Å². The number of benzene rings is 1. The van der Waals surface area contributed by atoms with Crippen molar-refractivity contribution in [2.24, 2.45) is 0 Å². The Labute approximate surface area is 120 Å². The van der Waals surface area contributed by atoms with E-state index in [0.29, 0.717) is 0 Å². The molecule has 2 N–H and O–H groups in total. The zero-order valence-corrected chi connectivity index (χ0v) is 12.6. The standard InChI is InChI=1S/C16H22N4/c1-5-18-14-10-17-11-15(20-14)19-13-9-7-6-8-12(13)16(2,3)4/h6-11H,5H2,1-4H3,(H2,18,19,20). The highest BCUT2D eigenvalue weighted by Gasteiger charge is 2.17. The van der Waals surface area contributed by atoms with Gasteiger partial charge in [-0.05, 0) is 24.0 Å². The van der Waals surface area contributed by atoms with E-state index >= 15 is 0 Å². The van der Waals surface area contributed by atoms with Gasteiger partial charge >= 0.3 is 0 Å². The number of nitrogens with zero attached hydrogens (tertiary/aromatic N) is 2. The van der Waals surface area contributed by atoms with E-state index in [-0.39, 0.29) is 5.41 Å². The summed E-state index contributed by atoms with van der Waals surface area (Å²) in [7, 11) is 0. The molecule has 1 aromatic heterocycles. The minimum atomic E-state index is 0.0797. The summed E-state index contributed by atoms with van der Waals surface area (Å²) >= 11 is 0. The summed E-state index contributed by atoms with van der Waals surface area (Å²) in [6, 6.07) is 8.30. The van der Waals surface area contributed by atoms with Gasteiger partial charge < -0.3 is 10.6 Å². The molecule has 0 aliphatic rings. The first-order valence-corrected chi connectivity index (χ1v) is 6.93. The minimum absolute atomic E-state index is 0.0797. The molecule has 0 bridgehead atoms. The predicted octanol–water partition coefficient (Wildman–Crippen LogP) is 3.95. The molecule has 1 aromatic carbocycles. The molecule has 0 aliphatic carbocycles. The van der Waals surface area contributed by atoms with E-state index in [2.05, 4.69) is 59.6 Å². The second-order valence-electron chi connectivity index (χ2n) is 5.74. The summed E-state index contributed by atoms with van der Waals surface area (Å²) in [4.78, 5) is 8.70. The molecular weight excluding hydrogens is 248 g/mol. The van der Waals surface area contributed by atoms with Crippen LogP contribution in [0.15, 0.2) is 36.7 Å². The van der Waals surface area contributed by atoms with Crippen LogP contribution in [0.3, 0.4) is 0 Å². The van der Waals surface area contributed by atoms with E-state index in [1.165, 1.54) is 5.56 Å². The van der Waals surface area contributed by atoms with Gasteiger partial charge in [0.05, 0.1) is 12.4 Å². The van der Waals surface area contributed by atoms with Crippen molar-refractivity contribution in [2.45, 2.75) is 33.1 Å². The molecule has 0 fully saturated rings. The minimum Gasteiger partial charge on any atom is -0.369 e. The third-order valence-corrected chi connectivity index (χ3v) is 2.99. The van der Waals surface area contributed by atoms with Crippen molar-refractivity contribution in [2.75, 3.05) is 17.2 Å². The van der Waals surface area contributed by atoms with Crippen LogP contribution in [0.25, 0.3) is 0 Å². The first-order valence-electron chi connectivity index (χ1n) is 6.93. The zero-order chi connectivity index (χ0) is 14.6. The molecule has 0 aliphatic heterocycles. The molecule has 0 radical (unpaired) electrons. The molecule has 0 saturated carbocycles. The lowest BCUT2D eigenvalue weighted by atomic mass is 9.86. The number of para-hydroxylation sites is 1. The van der Waals surface area contributed by atoms with Gasteiger partial charge in [-0.25, -0.2) is 4.98 Å². The smallest absolute Gasteiger partial charge is 0.151 e. The molecule has 2 aromatic rings. The van der Waals surface area contributed by atoms with Crippen molar-refractivity contribution in [1.82, 2.24) is 9.97 Å². The molecule has 0 unspecified atom stereocenters. The van der Waals surface area contributed by atoms with Crippen LogP contribution in [-0.4, -0.2) is 16.5 Å². The van der Waals surface area contributed by atoms with Crippen molar-refractivity contribution >= 4 is 17.3 Å².